The molecule has 0 atom stereocenters. The molecule has 0 spiro atoms. The zero-order valence-corrected chi connectivity index (χ0v) is 17.4. The van der Waals surface area contributed by atoms with Gasteiger partial charge in [0.1, 0.15) is 11.3 Å². The molecule has 4 aromatic rings. The van der Waals surface area contributed by atoms with Crippen LogP contribution in [-0.2, 0) is 6.54 Å². The predicted octanol–water partition coefficient (Wildman–Crippen LogP) is 3.74. The minimum Gasteiger partial charge on any atom is -0.336 e. The zero-order valence-electron chi connectivity index (χ0n) is 17.4. The predicted molar refractivity (Wildman–Crippen MR) is 121 cm³/mol. The van der Waals surface area contributed by atoms with Crippen molar-refractivity contribution in [2.24, 2.45) is 0 Å². The van der Waals surface area contributed by atoms with E-state index in [0.29, 0.717) is 12.2 Å². The minimum absolute atomic E-state index is 0.0160. The van der Waals surface area contributed by atoms with Gasteiger partial charge in [-0.1, -0.05) is 42.5 Å². The van der Waals surface area contributed by atoms with Crippen molar-refractivity contribution >= 4 is 11.6 Å². The number of nitrogens with zero attached hydrogens (tertiary/aromatic N) is 5. The molecular formula is C25H25N5O. The number of hydrogen-bond donors (Lipinski definition) is 0. The number of imidazole rings is 1. The molecule has 0 unspecified atom stereocenters. The molecule has 1 aliphatic rings. The second kappa shape index (κ2) is 8.70. The Morgan fingerprint density at radius 2 is 1.71 bits per heavy atom. The van der Waals surface area contributed by atoms with Gasteiger partial charge in [0, 0.05) is 50.7 Å². The number of aromatic nitrogens is 3. The van der Waals surface area contributed by atoms with Crippen molar-refractivity contribution in [1.29, 1.82) is 0 Å². The molecule has 1 aliphatic heterocycles. The second-order valence-electron chi connectivity index (χ2n) is 7.84. The summed E-state index contributed by atoms with van der Waals surface area (Å²) in [7, 11) is 0. The first-order valence-electron chi connectivity index (χ1n) is 10.7. The Kier molecular flexibility index (Phi) is 5.46. The SMILES string of the molecule is O=C(c1ccccn1)N1CCCN(Cc2c(-c3ccccc3)nc3ccccn23)CC1. The van der Waals surface area contributed by atoms with Gasteiger partial charge in [0.05, 0.1) is 11.4 Å². The Morgan fingerprint density at radius 1 is 0.871 bits per heavy atom. The Bertz CT molecular complexity index is 1170. The molecule has 1 fully saturated rings. The number of carbonyl (C=O) groups is 1. The summed E-state index contributed by atoms with van der Waals surface area (Å²) in [5, 5.41) is 0. The summed E-state index contributed by atoms with van der Waals surface area (Å²) in [5.41, 5.74) is 4.81. The van der Waals surface area contributed by atoms with Gasteiger partial charge >= 0.3 is 0 Å². The summed E-state index contributed by atoms with van der Waals surface area (Å²) in [6.45, 7) is 4.02. The van der Waals surface area contributed by atoms with E-state index in [0.717, 1.165) is 49.5 Å². The summed E-state index contributed by atoms with van der Waals surface area (Å²) in [4.78, 5) is 26.3. The molecule has 0 saturated carbocycles. The quantitative estimate of drug-likeness (QED) is 0.513. The molecule has 1 aromatic carbocycles. The Morgan fingerprint density at radius 3 is 2.55 bits per heavy atom. The average Bonchev–Trinajstić information content (AvgIpc) is 3.02. The summed E-state index contributed by atoms with van der Waals surface area (Å²) in [6, 6.07) is 22.0. The van der Waals surface area contributed by atoms with Gasteiger partial charge in [-0.15, -0.1) is 0 Å². The third-order valence-corrected chi connectivity index (χ3v) is 5.81. The molecule has 31 heavy (non-hydrogen) atoms. The number of amides is 1. The van der Waals surface area contributed by atoms with Crippen LogP contribution < -0.4 is 0 Å². The maximum absolute atomic E-state index is 12.8. The highest BCUT2D eigenvalue weighted by Gasteiger charge is 2.23. The Labute approximate surface area is 181 Å². The molecule has 6 heteroatoms. The van der Waals surface area contributed by atoms with Gasteiger partial charge in [-0.3, -0.25) is 14.7 Å². The van der Waals surface area contributed by atoms with Crippen molar-refractivity contribution in [1.82, 2.24) is 24.2 Å². The minimum atomic E-state index is 0.0160. The zero-order chi connectivity index (χ0) is 21.0. The molecule has 0 radical (unpaired) electrons. The first-order valence-corrected chi connectivity index (χ1v) is 10.7. The van der Waals surface area contributed by atoms with Crippen molar-refractivity contribution in [3.8, 4) is 11.3 Å². The van der Waals surface area contributed by atoms with Crippen molar-refractivity contribution in [2.75, 3.05) is 26.2 Å². The monoisotopic (exact) mass is 411 g/mol. The van der Waals surface area contributed by atoms with Crippen LogP contribution in [0.2, 0.25) is 0 Å². The third-order valence-electron chi connectivity index (χ3n) is 5.81. The molecule has 3 aromatic heterocycles. The van der Waals surface area contributed by atoms with Crippen molar-refractivity contribution in [3.05, 3.63) is 90.5 Å². The third kappa shape index (κ3) is 4.07. The van der Waals surface area contributed by atoms with Crippen molar-refractivity contribution in [3.63, 3.8) is 0 Å². The lowest BCUT2D eigenvalue weighted by Gasteiger charge is -2.22. The topological polar surface area (TPSA) is 53.7 Å². The van der Waals surface area contributed by atoms with E-state index in [9.17, 15) is 4.79 Å². The van der Waals surface area contributed by atoms with E-state index in [1.807, 2.05) is 41.3 Å². The number of carbonyl (C=O) groups excluding carboxylic acids is 1. The van der Waals surface area contributed by atoms with E-state index in [1.165, 1.54) is 5.69 Å². The number of pyridine rings is 2. The highest BCUT2D eigenvalue weighted by Crippen LogP contribution is 2.26. The fraction of sp³-hybridized carbons (Fsp3) is 0.240. The van der Waals surface area contributed by atoms with Crippen LogP contribution >= 0.6 is 0 Å². The molecule has 0 aliphatic carbocycles. The lowest BCUT2D eigenvalue weighted by atomic mass is 10.1. The molecule has 4 heterocycles. The second-order valence-corrected chi connectivity index (χ2v) is 7.84. The van der Waals surface area contributed by atoms with Gasteiger partial charge in [0.25, 0.3) is 5.91 Å². The van der Waals surface area contributed by atoms with Gasteiger partial charge in [0.2, 0.25) is 0 Å². The standard InChI is InChI=1S/C25H25N5O/c31-25(21-11-4-6-13-26-21)29-15-8-14-28(17-18-29)19-22-24(20-9-2-1-3-10-20)27-23-12-5-7-16-30(22)23/h1-7,9-13,16H,8,14-15,17-19H2. The van der Waals surface area contributed by atoms with Gasteiger partial charge < -0.3 is 9.30 Å². The van der Waals surface area contributed by atoms with Crippen LogP contribution in [-0.4, -0.2) is 56.3 Å². The van der Waals surface area contributed by atoms with E-state index in [1.54, 1.807) is 12.3 Å². The molecular weight excluding hydrogens is 386 g/mol. The normalized spacial score (nSPS) is 15.2. The fourth-order valence-corrected chi connectivity index (χ4v) is 4.22. The molecule has 0 bridgehead atoms. The van der Waals surface area contributed by atoms with Crippen molar-refractivity contribution in [2.45, 2.75) is 13.0 Å². The van der Waals surface area contributed by atoms with E-state index >= 15 is 0 Å². The highest BCUT2D eigenvalue weighted by atomic mass is 16.2. The Balaban J connectivity index is 1.37. The highest BCUT2D eigenvalue weighted by molar-refractivity contribution is 5.92. The number of benzene rings is 1. The first kappa shape index (κ1) is 19.5. The lowest BCUT2D eigenvalue weighted by Crippen LogP contribution is -2.35. The van der Waals surface area contributed by atoms with Crippen LogP contribution in [0.25, 0.3) is 16.9 Å². The smallest absolute Gasteiger partial charge is 0.272 e. The van der Waals surface area contributed by atoms with E-state index in [4.69, 9.17) is 4.98 Å². The summed E-state index contributed by atoms with van der Waals surface area (Å²) >= 11 is 0. The fourth-order valence-electron chi connectivity index (χ4n) is 4.22. The van der Waals surface area contributed by atoms with Gasteiger partial charge in [0.15, 0.2) is 0 Å². The molecule has 6 nitrogen and oxygen atoms in total. The van der Waals surface area contributed by atoms with Crippen LogP contribution in [0.4, 0.5) is 0 Å². The largest absolute Gasteiger partial charge is 0.336 e. The molecule has 1 amide bonds. The van der Waals surface area contributed by atoms with Gasteiger partial charge in [-0.25, -0.2) is 4.98 Å². The number of rotatable bonds is 4. The molecule has 156 valence electrons. The van der Waals surface area contributed by atoms with Crippen LogP contribution in [0.3, 0.4) is 0 Å². The van der Waals surface area contributed by atoms with Gasteiger partial charge in [-0.2, -0.15) is 0 Å². The van der Waals surface area contributed by atoms with E-state index in [2.05, 4.69) is 44.7 Å². The van der Waals surface area contributed by atoms with Crippen LogP contribution in [0.1, 0.15) is 22.6 Å². The van der Waals surface area contributed by atoms with E-state index < -0.39 is 0 Å². The van der Waals surface area contributed by atoms with Crippen LogP contribution in [0, 0.1) is 0 Å². The maximum atomic E-state index is 12.8. The lowest BCUT2D eigenvalue weighted by molar-refractivity contribution is 0.0755. The van der Waals surface area contributed by atoms with Crippen LogP contribution in [0.5, 0.6) is 0 Å². The molecule has 1 saturated heterocycles. The summed E-state index contributed by atoms with van der Waals surface area (Å²) in [6.07, 6.45) is 4.70. The van der Waals surface area contributed by atoms with E-state index in [-0.39, 0.29) is 5.91 Å². The number of hydrogen-bond acceptors (Lipinski definition) is 4. The van der Waals surface area contributed by atoms with Gasteiger partial charge in [-0.05, 0) is 30.7 Å². The van der Waals surface area contributed by atoms with Crippen molar-refractivity contribution < 1.29 is 4.79 Å². The average molecular weight is 412 g/mol. The molecule has 5 rings (SSSR count). The number of fused-ring (bicyclic) bond motifs is 1. The maximum Gasteiger partial charge on any atom is 0.272 e. The summed E-state index contributed by atoms with van der Waals surface area (Å²) in [5.74, 6) is 0.0160. The molecule has 0 N–H and O–H groups in total. The van der Waals surface area contributed by atoms with Crippen LogP contribution in [0.15, 0.2) is 79.1 Å². The summed E-state index contributed by atoms with van der Waals surface area (Å²) < 4.78 is 2.18. The first-order chi connectivity index (χ1) is 15.3. The Hall–Kier alpha value is -3.51.